The Bertz CT molecular complexity index is 231. The molecule has 2 aliphatic heterocycles. The van der Waals surface area contributed by atoms with Crippen molar-refractivity contribution in [2.75, 3.05) is 13.1 Å². The summed E-state index contributed by atoms with van der Waals surface area (Å²) < 4.78 is 0. The van der Waals surface area contributed by atoms with Crippen LogP contribution in [0.5, 0.6) is 0 Å². The summed E-state index contributed by atoms with van der Waals surface area (Å²) in [6.07, 6.45) is 1.13. The molecule has 0 aromatic carbocycles. The van der Waals surface area contributed by atoms with Gasteiger partial charge in [0.25, 0.3) is 0 Å². The molecule has 3 fully saturated rings. The van der Waals surface area contributed by atoms with Crippen molar-refractivity contribution in [3.63, 3.8) is 0 Å². The van der Waals surface area contributed by atoms with Crippen LogP contribution in [0.15, 0.2) is 0 Å². The molecule has 0 radical (unpaired) electrons. The number of fused-ring (bicyclic) bond motifs is 1. The maximum absolute atomic E-state index is 11.3. The maximum atomic E-state index is 11.3. The summed E-state index contributed by atoms with van der Waals surface area (Å²) in [5.41, 5.74) is 0. The monoisotopic (exact) mass is 165 g/mol. The molecule has 2 saturated heterocycles. The highest BCUT2D eigenvalue weighted by Gasteiger charge is 2.50. The number of carbonyl (C=O) groups is 1. The molecular weight excluding hydrogens is 154 g/mol. The third-order valence-corrected chi connectivity index (χ3v) is 2.78. The second-order valence-corrected chi connectivity index (χ2v) is 3.41. The third kappa shape index (κ3) is 0.978. The quantitative estimate of drug-likeness (QED) is 0.528. The van der Waals surface area contributed by atoms with E-state index in [1.165, 1.54) is 0 Å². The Labute approximate surface area is 70.9 Å². The van der Waals surface area contributed by atoms with Gasteiger partial charge in [0.1, 0.15) is 6.54 Å². The van der Waals surface area contributed by atoms with Crippen molar-refractivity contribution in [2.45, 2.75) is 12.5 Å². The number of hydrogen-bond donors (Lipinski definition) is 2. The first-order valence-electron chi connectivity index (χ1n) is 4.21. The molecule has 3 atom stereocenters. The molecule has 3 aliphatic rings. The van der Waals surface area contributed by atoms with Crippen molar-refractivity contribution in [3.8, 4) is 6.07 Å². The van der Waals surface area contributed by atoms with E-state index in [0.29, 0.717) is 12.0 Å². The van der Waals surface area contributed by atoms with Gasteiger partial charge in [0.15, 0.2) is 0 Å². The predicted molar refractivity (Wildman–Crippen MR) is 42.0 cm³/mol. The lowest BCUT2D eigenvalue weighted by Crippen LogP contribution is -2.47. The molecule has 12 heavy (non-hydrogen) atoms. The molecule has 1 aliphatic carbocycles. The summed E-state index contributed by atoms with van der Waals surface area (Å²) >= 11 is 0. The van der Waals surface area contributed by atoms with Crippen molar-refractivity contribution >= 4 is 5.91 Å². The second kappa shape index (κ2) is 2.76. The van der Waals surface area contributed by atoms with E-state index in [-0.39, 0.29) is 18.4 Å². The highest BCUT2D eigenvalue weighted by Crippen LogP contribution is 2.39. The highest BCUT2D eigenvalue weighted by molar-refractivity contribution is 5.81. The fourth-order valence-corrected chi connectivity index (χ4v) is 2.12. The molecular formula is C8H11N3O. The molecule has 4 heteroatoms. The van der Waals surface area contributed by atoms with Crippen LogP contribution in [0.3, 0.4) is 0 Å². The van der Waals surface area contributed by atoms with E-state index in [9.17, 15) is 4.79 Å². The van der Waals surface area contributed by atoms with Crippen LogP contribution in [0.1, 0.15) is 6.42 Å². The van der Waals surface area contributed by atoms with Crippen LogP contribution < -0.4 is 10.6 Å². The minimum Gasteiger partial charge on any atom is -0.343 e. The molecule has 2 N–H and O–H groups in total. The number of nitrogens with one attached hydrogen (secondary N) is 2. The molecule has 64 valence electrons. The molecule has 4 nitrogen and oxygen atoms in total. The minimum absolute atomic E-state index is 0.0443. The van der Waals surface area contributed by atoms with Gasteiger partial charge in [-0.15, -0.1) is 0 Å². The van der Waals surface area contributed by atoms with Crippen LogP contribution in [0.2, 0.25) is 0 Å². The summed E-state index contributed by atoms with van der Waals surface area (Å²) in [5.74, 6) is 0.704. The van der Waals surface area contributed by atoms with Crippen LogP contribution in [-0.2, 0) is 4.79 Å². The zero-order chi connectivity index (χ0) is 8.55. The largest absolute Gasteiger partial charge is 0.343 e. The molecule has 2 heterocycles. The van der Waals surface area contributed by atoms with Gasteiger partial charge in [-0.1, -0.05) is 0 Å². The van der Waals surface area contributed by atoms with Crippen LogP contribution >= 0.6 is 0 Å². The molecule has 1 amide bonds. The number of nitriles is 1. The third-order valence-electron chi connectivity index (χ3n) is 2.78. The van der Waals surface area contributed by atoms with Crippen molar-refractivity contribution in [3.05, 3.63) is 0 Å². The van der Waals surface area contributed by atoms with E-state index in [2.05, 4.69) is 10.6 Å². The van der Waals surface area contributed by atoms with Gasteiger partial charge in [-0.05, 0) is 18.9 Å². The Morgan fingerprint density at radius 2 is 2.58 bits per heavy atom. The van der Waals surface area contributed by atoms with Gasteiger partial charge in [0, 0.05) is 6.04 Å². The minimum atomic E-state index is 0.0443. The smallest absolute Gasteiger partial charge is 0.225 e. The first-order valence-corrected chi connectivity index (χ1v) is 4.21. The van der Waals surface area contributed by atoms with Crippen LogP contribution in [0, 0.1) is 23.2 Å². The Hall–Kier alpha value is -1.08. The Morgan fingerprint density at radius 1 is 1.75 bits per heavy atom. The van der Waals surface area contributed by atoms with E-state index in [0.717, 1.165) is 13.0 Å². The molecule has 3 rings (SSSR count). The summed E-state index contributed by atoms with van der Waals surface area (Å²) in [6, 6.07) is 2.28. The molecule has 0 spiro atoms. The van der Waals surface area contributed by atoms with E-state index in [1.807, 2.05) is 6.07 Å². The topological polar surface area (TPSA) is 64.9 Å². The first-order chi connectivity index (χ1) is 5.83. The number of rotatable bonds is 2. The van der Waals surface area contributed by atoms with Gasteiger partial charge in [0.05, 0.1) is 12.0 Å². The SMILES string of the molecule is N#CCNC(=O)C1C2CNC1C2. The van der Waals surface area contributed by atoms with Gasteiger partial charge >= 0.3 is 0 Å². The summed E-state index contributed by atoms with van der Waals surface area (Å²) in [4.78, 5) is 11.3. The lowest BCUT2D eigenvalue weighted by Gasteiger charge is -2.32. The molecule has 0 aromatic rings. The lowest BCUT2D eigenvalue weighted by atomic mass is 9.73. The van der Waals surface area contributed by atoms with Gasteiger partial charge in [-0.3, -0.25) is 4.79 Å². The molecule has 1 saturated carbocycles. The lowest BCUT2D eigenvalue weighted by molar-refractivity contribution is -0.129. The predicted octanol–water partition coefficient (Wildman–Crippen LogP) is -0.766. The van der Waals surface area contributed by atoms with E-state index in [4.69, 9.17) is 5.26 Å². The number of carbonyl (C=O) groups excluding carboxylic acids is 1. The van der Waals surface area contributed by atoms with Crippen molar-refractivity contribution in [2.24, 2.45) is 11.8 Å². The molecule has 3 unspecified atom stereocenters. The number of amides is 1. The fourth-order valence-electron chi connectivity index (χ4n) is 2.12. The average molecular weight is 165 g/mol. The Morgan fingerprint density at radius 3 is 3.08 bits per heavy atom. The zero-order valence-corrected chi connectivity index (χ0v) is 6.71. The molecule has 0 aromatic heterocycles. The summed E-state index contributed by atoms with van der Waals surface area (Å²) in [5, 5.41) is 14.1. The molecule has 2 bridgehead atoms. The Kier molecular flexibility index (Phi) is 1.74. The number of nitrogens with zero attached hydrogens (tertiary/aromatic N) is 1. The first kappa shape index (κ1) is 7.56. The van der Waals surface area contributed by atoms with Crippen molar-refractivity contribution in [1.29, 1.82) is 5.26 Å². The van der Waals surface area contributed by atoms with Gasteiger partial charge in [-0.25, -0.2) is 0 Å². The van der Waals surface area contributed by atoms with E-state index >= 15 is 0 Å². The zero-order valence-electron chi connectivity index (χ0n) is 6.71. The maximum Gasteiger partial charge on any atom is 0.225 e. The Balaban J connectivity index is 1.86. The van der Waals surface area contributed by atoms with Crippen LogP contribution in [-0.4, -0.2) is 25.0 Å². The van der Waals surface area contributed by atoms with Crippen LogP contribution in [0.4, 0.5) is 0 Å². The van der Waals surface area contributed by atoms with E-state index in [1.54, 1.807) is 0 Å². The van der Waals surface area contributed by atoms with Gasteiger partial charge < -0.3 is 10.6 Å². The summed E-state index contributed by atoms with van der Waals surface area (Å²) in [6.45, 7) is 1.10. The van der Waals surface area contributed by atoms with Crippen molar-refractivity contribution < 1.29 is 4.79 Å². The van der Waals surface area contributed by atoms with E-state index < -0.39 is 0 Å². The highest BCUT2D eigenvalue weighted by atomic mass is 16.2. The van der Waals surface area contributed by atoms with Gasteiger partial charge in [-0.2, -0.15) is 5.26 Å². The number of hydrogen-bond acceptors (Lipinski definition) is 3. The fraction of sp³-hybridized carbons (Fsp3) is 0.750. The van der Waals surface area contributed by atoms with Crippen molar-refractivity contribution in [1.82, 2.24) is 10.6 Å². The normalized spacial score (nSPS) is 36.8. The van der Waals surface area contributed by atoms with Crippen LogP contribution in [0.25, 0.3) is 0 Å². The second-order valence-electron chi connectivity index (χ2n) is 3.41. The average Bonchev–Trinajstić information content (AvgIpc) is 2.60. The summed E-state index contributed by atoms with van der Waals surface area (Å²) in [7, 11) is 0. The van der Waals surface area contributed by atoms with Gasteiger partial charge in [0.2, 0.25) is 5.91 Å². The standard InChI is InChI=1S/C8H11N3O/c9-1-2-10-8(12)7-5-3-6(7)11-4-5/h5-7,11H,2-4H2,(H,10,12).